The zero-order valence-corrected chi connectivity index (χ0v) is 16.3. The van der Waals surface area contributed by atoms with E-state index < -0.39 is 0 Å². The monoisotopic (exact) mass is 433 g/mol. The maximum absolute atomic E-state index is 5.63. The van der Waals surface area contributed by atoms with E-state index in [4.69, 9.17) is 9.47 Å². The summed E-state index contributed by atoms with van der Waals surface area (Å²) in [5, 5.41) is 6.62. The summed E-state index contributed by atoms with van der Waals surface area (Å²) in [6.45, 7) is 5.16. The molecular weight excluding hydrogens is 405 g/mol. The summed E-state index contributed by atoms with van der Waals surface area (Å²) in [6.07, 6.45) is 2.55. The molecule has 0 saturated carbocycles. The van der Waals surface area contributed by atoms with Crippen LogP contribution in [-0.4, -0.2) is 45.4 Å². The van der Waals surface area contributed by atoms with Gasteiger partial charge in [-0.1, -0.05) is 30.3 Å². The SMILES string of the molecule is CCNC(=NCC(OC)c1ccccc1)NCC1CCCO1.I. The summed E-state index contributed by atoms with van der Waals surface area (Å²) in [6, 6.07) is 10.2. The topological polar surface area (TPSA) is 54.9 Å². The van der Waals surface area contributed by atoms with E-state index in [0.717, 1.165) is 44.1 Å². The molecule has 0 aromatic heterocycles. The van der Waals surface area contributed by atoms with Gasteiger partial charge in [-0.3, -0.25) is 4.99 Å². The molecule has 1 aliphatic heterocycles. The van der Waals surface area contributed by atoms with Gasteiger partial charge in [0.15, 0.2) is 5.96 Å². The van der Waals surface area contributed by atoms with Crippen LogP contribution < -0.4 is 10.6 Å². The summed E-state index contributed by atoms with van der Waals surface area (Å²) >= 11 is 0. The van der Waals surface area contributed by atoms with Crippen molar-refractivity contribution in [2.24, 2.45) is 4.99 Å². The molecule has 130 valence electrons. The number of halogens is 1. The van der Waals surface area contributed by atoms with Crippen molar-refractivity contribution >= 4 is 29.9 Å². The van der Waals surface area contributed by atoms with E-state index in [2.05, 4.69) is 34.7 Å². The van der Waals surface area contributed by atoms with Crippen LogP contribution in [0.3, 0.4) is 0 Å². The molecular formula is C17H28IN3O2. The van der Waals surface area contributed by atoms with Gasteiger partial charge in [0, 0.05) is 26.8 Å². The molecule has 2 unspecified atom stereocenters. The largest absolute Gasteiger partial charge is 0.376 e. The van der Waals surface area contributed by atoms with Crippen LogP contribution in [0.5, 0.6) is 0 Å². The molecule has 1 aromatic rings. The van der Waals surface area contributed by atoms with Crippen LogP contribution in [-0.2, 0) is 9.47 Å². The lowest BCUT2D eigenvalue weighted by Gasteiger charge is -2.17. The fourth-order valence-electron chi connectivity index (χ4n) is 2.52. The molecule has 0 aliphatic carbocycles. The van der Waals surface area contributed by atoms with Crippen molar-refractivity contribution in [2.45, 2.75) is 32.0 Å². The van der Waals surface area contributed by atoms with E-state index in [9.17, 15) is 0 Å². The van der Waals surface area contributed by atoms with Gasteiger partial charge in [-0.25, -0.2) is 0 Å². The Kier molecular flexibility index (Phi) is 10.2. The molecule has 2 N–H and O–H groups in total. The molecule has 0 radical (unpaired) electrons. The predicted molar refractivity (Wildman–Crippen MR) is 105 cm³/mol. The number of nitrogens with one attached hydrogen (secondary N) is 2. The van der Waals surface area contributed by atoms with Gasteiger partial charge in [-0.15, -0.1) is 24.0 Å². The summed E-state index contributed by atoms with van der Waals surface area (Å²) in [7, 11) is 1.72. The van der Waals surface area contributed by atoms with Crippen molar-refractivity contribution in [3.63, 3.8) is 0 Å². The van der Waals surface area contributed by atoms with E-state index in [1.54, 1.807) is 7.11 Å². The molecule has 1 fully saturated rings. The number of guanidine groups is 1. The average molecular weight is 433 g/mol. The van der Waals surface area contributed by atoms with E-state index in [1.165, 1.54) is 0 Å². The summed E-state index contributed by atoms with van der Waals surface area (Å²) < 4.78 is 11.2. The minimum Gasteiger partial charge on any atom is -0.376 e. The average Bonchev–Trinajstić information content (AvgIpc) is 3.07. The number of rotatable bonds is 7. The number of hydrogen-bond donors (Lipinski definition) is 2. The predicted octanol–water partition coefficient (Wildman–Crippen LogP) is 2.73. The Balaban J connectivity index is 0.00000264. The van der Waals surface area contributed by atoms with Crippen molar-refractivity contribution in [3.05, 3.63) is 35.9 Å². The second kappa shape index (κ2) is 11.6. The highest BCUT2D eigenvalue weighted by Gasteiger charge is 2.16. The maximum Gasteiger partial charge on any atom is 0.191 e. The van der Waals surface area contributed by atoms with Crippen LogP contribution in [0.2, 0.25) is 0 Å². The van der Waals surface area contributed by atoms with Crippen LogP contribution in [0.4, 0.5) is 0 Å². The van der Waals surface area contributed by atoms with E-state index in [0.29, 0.717) is 12.6 Å². The molecule has 6 heteroatoms. The highest BCUT2D eigenvalue weighted by atomic mass is 127. The van der Waals surface area contributed by atoms with Gasteiger partial charge in [0.25, 0.3) is 0 Å². The Bertz CT molecular complexity index is 450. The van der Waals surface area contributed by atoms with Crippen LogP contribution >= 0.6 is 24.0 Å². The van der Waals surface area contributed by atoms with Gasteiger partial charge in [-0.05, 0) is 25.3 Å². The Labute approximate surface area is 156 Å². The molecule has 23 heavy (non-hydrogen) atoms. The minimum atomic E-state index is -0.0283. The Hall–Kier alpha value is -0.860. The lowest BCUT2D eigenvalue weighted by atomic mass is 10.1. The van der Waals surface area contributed by atoms with Gasteiger partial charge in [0.2, 0.25) is 0 Å². The van der Waals surface area contributed by atoms with Gasteiger partial charge in [0.1, 0.15) is 6.10 Å². The Morgan fingerprint density at radius 3 is 2.74 bits per heavy atom. The standard InChI is InChI=1S/C17H27N3O2.HI/c1-3-18-17(19-12-15-10-7-11-22-15)20-13-16(21-2)14-8-5-4-6-9-14;/h4-6,8-9,15-16H,3,7,10-13H2,1-2H3,(H2,18,19,20);1H. The van der Waals surface area contributed by atoms with Gasteiger partial charge in [0.05, 0.1) is 12.6 Å². The number of hydrogen-bond acceptors (Lipinski definition) is 3. The molecule has 0 bridgehead atoms. The van der Waals surface area contributed by atoms with E-state index in [-0.39, 0.29) is 30.1 Å². The van der Waals surface area contributed by atoms with Crippen LogP contribution in [0.25, 0.3) is 0 Å². The lowest BCUT2D eigenvalue weighted by molar-refractivity contribution is 0.110. The quantitative estimate of drug-likeness (QED) is 0.395. The third kappa shape index (κ3) is 7.05. The fraction of sp³-hybridized carbons (Fsp3) is 0.588. The van der Waals surface area contributed by atoms with Gasteiger partial charge >= 0.3 is 0 Å². The molecule has 2 atom stereocenters. The van der Waals surface area contributed by atoms with Crippen molar-refractivity contribution < 1.29 is 9.47 Å². The molecule has 5 nitrogen and oxygen atoms in total. The normalized spacial score (nSPS) is 19.0. The van der Waals surface area contributed by atoms with Crippen molar-refractivity contribution in [2.75, 3.05) is 33.4 Å². The van der Waals surface area contributed by atoms with E-state index >= 15 is 0 Å². The first-order chi connectivity index (χ1) is 10.8. The molecule has 1 heterocycles. The zero-order chi connectivity index (χ0) is 15.6. The molecule has 1 aliphatic rings. The first-order valence-corrected chi connectivity index (χ1v) is 8.05. The van der Waals surface area contributed by atoms with E-state index in [1.807, 2.05) is 18.2 Å². The zero-order valence-electron chi connectivity index (χ0n) is 14.0. The molecule has 0 amide bonds. The molecule has 1 aromatic carbocycles. The highest BCUT2D eigenvalue weighted by Crippen LogP contribution is 2.16. The highest BCUT2D eigenvalue weighted by molar-refractivity contribution is 14.0. The van der Waals surface area contributed by atoms with Gasteiger partial charge < -0.3 is 20.1 Å². The minimum absolute atomic E-state index is 0. The summed E-state index contributed by atoms with van der Waals surface area (Å²) in [5.74, 6) is 0.816. The Morgan fingerprint density at radius 2 is 2.13 bits per heavy atom. The number of nitrogens with zero attached hydrogens (tertiary/aromatic N) is 1. The molecule has 0 spiro atoms. The lowest BCUT2D eigenvalue weighted by Crippen LogP contribution is -2.41. The fourth-order valence-corrected chi connectivity index (χ4v) is 2.52. The maximum atomic E-state index is 5.63. The van der Waals surface area contributed by atoms with Crippen LogP contribution in [0, 0.1) is 0 Å². The second-order valence-electron chi connectivity index (χ2n) is 5.37. The second-order valence-corrected chi connectivity index (χ2v) is 5.37. The van der Waals surface area contributed by atoms with Crippen LogP contribution in [0.15, 0.2) is 35.3 Å². The summed E-state index contributed by atoms with van der Waals surface area (Å²) in [5.41, 5.74) is 1.14. The van der Waals surface area contributed by atoms with Crippen molar-refractivity contribution in [1.82, 2.24) is 10.6 Å². The number of ether oxygens (including phenoxy) is 2. The third-order valence-electron chi connectivity index (χ3n) is 3.74. The van der Waals surface area contributed by atoms with Gasteiger partial charge in [-0.2, -0.15) is 0 Å². The van der Waals surface area contributed by atoms with Crippen molar-refractivity contribution in [1.29, 1.82) is 0 Å². The first kappa shape index (κ1) is 20.2. The molecule has 1 saturated heterocycles. The van der Waals surface area contributed by atoms with Crippen LogP contribution in [0.1, 0.15) is 31.4 Å². The summed E-state index contributed by atoms with van der Waals surface area (Å²) in [4.78, 5) is 4.64. The first-order valence-electron chi connectivity index (χ1n) is 8.05. The number of methoxy groups -OCH3 is 1. The smallest absolute Gasteiger partial charge is 0.191 e. The Morgan fingerprint density at radius 1 is 1.35 bits per heavy atom. The third-order valence-corrected chi connectivity index (χ3v) is 3.74. The number of aliphatic imine (C=N–C) groups is 1. The molecule has 2 rings (SSSR count). The number of benzene rings is 1. The van der Waals surface area contributed by atoms with Crippen molar-refractivity contribution in [3.8, 4) is 0 Å².